The maximum Gasteiger partial charge on any atom is 0.416 e. The Morgan fingerprint density at radius 1 is 1.06 bits per heavy atom. The average Bonchev–Trinajstić information content (AvgIpc) is 3.06. The van der Waals surface area contributed by atoms with Crippen LogP contribution >= 0.6 is 0 Å². The second-order valence-electron chi connectivity index (χ2n) is 6.91. The maximum absolute atomic E-state index is 13.1. The van der Waals surface area contributed by atoms with Crippen molar-refractivity contribution in [2.24, 2.45) is 0 Å². The zero-order valence-electron chi connectivity index (χ0n) is 16.1. The number of aromatic amines is 1. The summed E-state index contributed by atoms with van der Waals surface area (Å²) in [6.07, 6.45) is -2.87. The Balaban J connectivity index is 1.54. The van der Waals surface area contributed by atoms with Crippen LogP contribution in [0.25, 0.3) is 11.0 Å². The molecule has 9 heteroatoms. The quantitative estimate of drug-likeness (QED) is 0.511. The summed E-state index contributed by atoms with van der Waals surface area (Å²) in [5, 5.41) is 2.51. The van der Waals surface area contributed by atoms with Crippen LogP contribution in [0.3, 0.4) is 0 Å². The normalized spacial score (nSPS) is 11.6. The molecule has 0 atom stereocenters. The van der Waals surface area contributed by atoms with Gasteiger partial charge in [0.2, 0.25) is 0 Å². The van der Waals surface area contributed by atoms with E-state index in [0.29, 0.717) is 16.7 Å². The van der Waals surface area contributed by atoms with E-state index in [2.05, 4.69) is 15.3 Å². The number of carbonyl (C=O) groups is 1. The van der Waals surface area contributed by atoms with E-state index < -0.39 is 17.6 Å². The molecule has 6 nitrogen and oxygen atoms in total. The summed E-state index contributed by atoms with van der Waals surface area (Å²) in [5.74, 6) is -0.544. The third-order valence-corrected chi connectivity index (χ3v) is 4.84. The SMILES string of the molecule is O=C(NCc1ccccc1C(F)(F)F)c1ccc2c(c1)[nH]c(=O)n2Cc1ccccn1. The van der Waals surface area contributed by atoms with Gasteiger partial charge >= 0.3 is 11.9 Å². The van der Waals surface area contributed by atoms with Crippen LogP contribution in [0.5, 0.6) is 0 Å². The van der Waals surface area contributed by atoms with Gasteiger partial charge in [-0.2, -0.15) is 13.2 Å². The van der Waals surface area contributed by atoms with Gasteiger partial charge in [-0.3, -0.25) is 14.3 Å². The van der Waals surface area contributed by atoms with E-state index in [-0.39, 0.29) is 29.9 Å². The summed E-state index contributed by atoms with van der Waals surface area (Å²) in [7, 11) is 0. The number of aromatic nitrogens is 3. The number of hydrogen-bond acceptors (Lipinski definition) is 3. The Morgan fingerprint density at radius 3 is 2.58 bits per heavy atom. The van der Waals surface area contributed by atoms with Gasteiger partial charge in [0, 0.05) is 18.3 Å². The topological polar surface area (TPSA) is 79.8 Å². The molecule has 1 amide bonds. The zero-order chi connectivity index (χ0) is 22.0. The molecular formula is C22H17F3N4O2. The van der Waals surface area contributed by atoms with E-state index >= 15 is 0 Å². The molecule has 4 aromatic rings. The minimum absolute atomic E-state index is 0.0284. The number of fused-ring (bicyclic) bond motifs is 1. The van der Waals surface area contributed by atoms with Crippen molar-refractivity contribution in [1.29, 1.82) is 0 Å². The fourth-order valence-electron chi connectivity index (χ4n) is 3.34. The number of benzene rings is 2. The van der Waals surface area contributed by atoms with E-state index in [4.69, 9.17) is 0 Å². The minimum atomic E-state index is -4.50. The monoisotopic (exact) mass is 426 g/mol. The first kappa shape index (κ1) is 20.4. The number of pyridine rings is 1. The van der Waals surface area contributed by atoms with Crippen LogP contribution < -0.4 is 11.0 Å². The lowest BCUT2D eigenvalue weighted by Crippen LogP contribution is -2.24. The summed E-state index contributed by atoms with van der Waals surface area (Å²) < 4.78 is 40.8. The van der Waals surface area contributed by atoms with Gasteiger partial charge in [0.05, 0.1) is 28.8 Å². The summed E-state index contributed by atoms with van der Waals surface area (Å²) >= 11 is 0. The van der Waals surface area contributed by atoms with Crippen LogP contribution in [0.15, 0.2) is 71.7 Å². The van der Waals surface area contributed by atoms with Crippen LogP contribution in [0.1, 0.15) is 27.2 Å². The largest absolute Gasteiger partial charge is 0.416 e. The first-order valence-electron chi connectivity index (χ1n) is 9.39. The lowest BCUT2D eigenvalue weighted by Gasteiger charge is -2.13. The third-order valence-electron chi connectivity index (χ3n) is 4.84. The van der Waals surface area contributed by atoms with Crippen molar-refractivity contribution in [3.05, 3.63) is 99.7 Å². The van der Waals surface area contributed by atoms with E-state index in [1.165, 1.54) is 34.9 Å². The van der Waals surface area contributed by atoms with E-state index in [1.54, 1.807) is 24.4 Å². The number of hydrogen-bond donors (Lipinski definition) is 2. The van der Waals surface area contributed by atoms with Crippen LogP contribution in [0.4, 0.5) is 13.2 Å². The highest BCUT2D eigenvalue weighted by Gasteiger charge is 2.32. The van der Waals surface area contributed by atoms with Gasteiger partial charge < -0.3 is 10.3 Å². The fourth-order valence-corrected chi connectivity index (χ4v) is 3.34. The molecular weight excluding hydrogens is 409 g/mol. The second kappa shape index (κ2) is 8.10. The molecule has 2 N–H and O–H groups in total. The molecule has 0 saturated heterocycles. The molecule has 158 valence electrons. The second-order valence-corrected chi connectivity index (χ2v) is 6.91. The molecule has 2 aromatic carbocycles. The van der Waals surface area contributed by atoms with Gasteiger partial charge in [-0.1, -0.05) is 24.3 Å². The Hall–Kier alpha value is -3.88. The van der Waals surface area contributed by atoms with E-state index in [0.717, 1.165) is 6.07 Å². The van der Waals surface area contributed by atoms with Crippen molar-refractivity contribution in [2.75, 3.05) is 0 Å². The number of alkyl halides is 3. The van der Waals surface area contributed by atoms with Crippen LogP contribution in [0, 0.1) is 0 Å². The molecule has 0 fully saturated rings. The average molecular weight is 426 g/mol. The van der Waals surface area contributed by atoms with Gasteiger partial charge in [0.15, 0.2) is 0 Å². The van der Waals surface area contributed by atoms with E-state index in [1.807, 2.05) is 6.07 Å². The molecule has 0 bridgehead atoms. The van der Waals surface area contributed by atoms with Crippen molar-refractivity contribution in [3.8, 4) is 0 Å². The lowest BCUT2D eigenvalue weighted by molar-refractivity contribution is -0.138. The molecule has 0 radical (unpaired) electrons. The molecule has 31 heavy (non-hydrogen) atoms. The number of carbonyl (C=O) groups excluding carboxylic acids is 1. The molecule has 0 spiro atoms. The first-order valence-corrected chi connectivity index (χ1v) is 9.39. The summed E-state index contributed by atoms with van der Waals surface area (Å²) in [5.41, 5.74) is 0.802. The maximum atomic E-state index is 13.1. The van der Waals surface area contributed by atoms with Crippen molar-refractivity contribution in [2.45, 2.75) is 19.3 Å². The molecule has 2 heterocycles. The molecule has 0 unspecified atom stereocenters. The van der Waals surface area contributed by atoms with Crippen molar-refractivity contribution in [3.63, 3.8) is 0 Å². The van der Waals surface area contributed by atoms with Gasteiger partial charge in [-0.25, -0.2) is 4.79 Å². The smallest absolute Gasteiger partial charge is 0.348 e. The number of halogens is 3. The Kier molecular flexibility index (Phi) is 5.33. The highest BCUT2D eigenvalue weighted by molar-refractivity contribution is 5.97. The number of amides is 1. The predicted molar refractivity (Wildman–Crippen MR) is 109 cm³/mol. The van der Waals surface area contributed by atoms with Crippen LogP contribution in [0.2, 0.25) is 0 Å². The van der Waals surface area contributed by atoms with Gasteiger partial charge in [0.25, 0.3) is 5.91 Å². The van der Waals surface area contributed by atoms with Gasteiger partial charge in [0.1, 0.15) is 0 Å². The Labute approximate surface area is 174 Å². The summed E-state index contributed by atoms with van der Waals surface area (Å²) in [6.45, 7) is -0.0107. The number of nitrogens with one attached hydrogen (secondary N) is 2. The highest BCUT2D eigenvalue weighted by atomic mass is 19.4. The van der Waals surface area contributed by atoms with Gasteiger partial charge in [-0.05, 0) is 42.0 Å². The summed E-state index contributed by atoms with van der Waals surface area (Å²) in [4.78, 5) is 31.7. The standard InChI is InChI=1S/C22H17F3N4O2/c23-22(24,25)17-7-2-1-5-15(17)12-27-20(30)14-8-9-19-18(11-14)28-21(31)29(19)13-16-6-3-4-10-26-16/h1-11H,12-13H2,(H,27,30)(H,28,31). The Bertz CT molecular complexity index is 1290. The lowest BCUT2D eigenvalue weighted by atomic mass is 10.1. The molecule has 0 aliphatic rings. The number of H-pyrrole nitrogens is 1. The molecule has 0 aliphatic carbocycles. The van der Waals surface area contributed by atoms with Crippen molar-refractivity contribution in [1.82, 2.24) is 19.9 Å². The Morgan fingerprint density at radius 2 is 1.84 bits per heavy atom. The van der Waals surface area contributed by atoms with E-state index in [9.17, 15) is 22.8 Å². The number of imidazole rings is 1. The molecule has 0 aliphatic heterocycles. The fraction of sp³-hybridized carbons (Fsp3) is 0.136. The third kappa shape index (κ3) is 4.35. The first-order chi connectivity index (χ1) is 14.8. The van der Waals surface area contributed by atoms with Gasteiger partial charge in [-0.15, -0.1) is 0 Å². The minimum Gasteiger partial charge on any atom is -0.348 e. The van der Waals surface area contributed by atoms with Crippen LogP contribution in [-0.2, 0) is 19.3 Å². The van der Waals surface area contributed by atoms with Crippen LogP contribution in [-0.4, -0.2) is 20.4 Å². The number of rotatable bonds is 5. The van der Waals surface area contributed by atoms with Crippen molar-refractivity contribution < 1.29 is 18.0 Å². The van der Waals surface area contributed by atoms with Crippen molar-refractivity contribution >= 4 is 16.9 Å². The molecule has 4 rings (SSSR count). The zero-order valence-corrected chi connectivity index (χ0v) is 16.1. The molecule has 0 saturated carbocycles. The predicted octanol–water partition coefficient (Wildman–Crippen LogP) is 3.72. The summed E-state index contributed by atoms with van der Waals surface area (Å²) in [6, 6.07) is 15.1. The molecule has 2 aromatic heterocycles. The highest BCUT2D eigenvalue weighted by Crippen LogP contribution is 2.31. The number of nitrogens with zero attached hydrogens (tertiary/aromatic N) is 2.